The van der Waals surface area contributed by atoms with Crippen LogP contribution in [-0.2, 0) is 9.84 Å². The first kappa shape index (κ1) is 19.3. The summed E-state index contributed by atoms with van der Waals surface area (Å²) < 4.78 is 33.5. The summed E-state index contributed by atoms with van der Waals surface area (Å²) >= 11 is 5.92. The number of furan rings is 1. The molecule has 0 unspecified atom stereocenters. The topological polar surface area (TPSA) is 116 Å². The van der Waals surface area contributed by atoms with Gasteiger partial charge in [-0.25, -0.2) is 18.4 Å². The molecule has 0 atom stereocenters. The molecule has 5 aromatic rings. The largest absolute Gasteiger partial charge is 0.463 e. The number of rotatable bonds is 4. The molecule has 0 aliphatic carbocycles. The first-order valence-corrected chi connectivity index (χ1v) is 11.0. The Kier molecular flexibility index (Phi) is 4.49. The first-order valence-electron chi connectivity index (χ1n) is 9.10. The zero-order valence-corrected chi connectivity index (χ0v) is 17.4. The van der Waals surface area contributed by atoms with Gasteiger partial charge in [0.1, 0.15) is 22.0 Å². The Labute approximate surface area is 181 Å². The van der Waals surface area contributed by atoms with E-state index in [2.05, 4.69) is 15.1 Å². The van der Waals surface area contributed by atoms with Crippen molar-refractivity contribution in [2.24, 2.45) is 5.10 Å². The van der Waals surface area contributed by atoms with Crippen LogP contribution in [0.1, 0.15) is 5.76 Å². The maximum Gasteiger partial charge on any atom is 0.212 e. The second-order valence-corrected chi connectivity index (χ2v) is 8.95. The van der Waals surface area contributed by atoms with Crippen LogP contribution in [0.5, 0.6) is 0 Å². The van der Waals surface area contributed by atoms with Crippen LogP contribution in [0.2, 0.25) is 5.02 Å². The van der Waals surface area contributed by atoms with Crippen LogP contribution in [0.25, 0.3) is 22.2 Å². The van der Waals surface area contributed by atoms with Gasteiger partial charge in [0, 0.05) is 5.02 Å². The second kappa shape index (κ2) is 7.22. The van der Waals surface area contributed by atoms with Crippen LogP contribution in [0.15, 0.2) is 86.2 Å². The summed E-state index contributed by atoms with van der Waals surface area (Å²) in [6.45, 7) is 0. The van der Waals surface area contributed by atoms with E-state index in [1.807, 2.05) is 6.07 Å². The Bertz CT molecular complexity index is 1560. The molecule has 0 amide bonds. The molecule has 0 radical (unpaired) electrons. The smallest absolute Gasteiger partial charge is 0.212 e. The number of aromatic nitrogens is 3. The van der Waals surface area contributed by atoms with Gasteiger partial charge >= 0.3 is 0 Å². The molecule has 8 nitrogen and oxygen atoms in total. The van der Waals surface area contributed by atoms with Gasteiger partial charge in [0.25, 0.3) is 0 Å². The predicted molar refractivity (Wildman–Crippen MR) is 118 cm³/mol. The van der Waals surface area contributed by atoms with E-state index in [1.165, 1.54) is 41.4 Å². The number of hydrogen-bond donors (Lipinski definition) is 1. The van der Waals surface area contributed by atoms with E-state index in [1.54, 1.807) is 30.3 Å². The molecule has 0 bridgehead atoms. The highest BCUT2D eigenvalue weighted by Gasteiger charge is 2.30. The summed E-state index contributed by atoms with van der Waals surface area (Å²) in [5, 5.41) is 4.73. The fourth-order valence-corrected chi connectivity index (χ4v) is 4.82. The minimum Gasteiger partial charge on any atom is -0.463 e. The van der Waals surface area contributed by atoms with Crippen LogP contribution < -0.4 is 5.73 Å². The van der Waals surface area contributed by atoms with E-state index in [0.29, 0.717) is 21.8 Å². The molecule has 31 heavy (non-hydrogen) atoms. The Morgan fingerprint density at radius 1 is 1.00 bits per heavy atom. The van der Waals surface area contributed by atoms with Crippen LogP contribution in [-0.4, -0.2) is 29.3 Å². The van der Waals surface area contributed by atoms with Crippen LogP contribution in [0, 0.1) is 0 Å². The lowest BCUT2D eigenvalue weighted by Crippen LogP contribution is -2.06. The summed E-state index contributed by atoms with van der Waals surface area (Å²) in [6.07, 6.45) is 2.92. The monoisotopic (exact) mass is 451 g/mol. The fraction of sp³-hybridized carbons (Fsp3) is 0. The van der Waals surface area contributed by atoms with Crippen molar-refractivity contribution < 1.29 is 12.8 Å². The lowest BCUT2D eigenvalue weighted by atomic mass is 10.3. The van der Waals surface area contributed by atoms with E-state index in [-0.39, 0.29) is 26.8 Å². The number of benzene rings is 2. The average Bonchev–Trinajstić information content (AvgIpc) is 3.36. The van der Waals surface area contributed by atoms with Crippen molar-refractivity contribution >= 4 is 55.7 Å². The lowest BCUT2D eigenvalue weighted by Gasteiger charge is -2.05. The van der Waals surface area contributed by atoms with Gasteiger partial charge < -0.3 is 10.2 Å². The third-order valence-corrected chi connectivity index (χ3v) is 6.75. The lowest BCUT2D eigenvalue weighted by molar-refractivity contribution is 0.559. The number of sulfone groups is 1. The van der Waals surface area contributed by atoms with Crippen LogP contribution >= 0.6 is 11.6 Å². The fourth-order valence-electron chi connectivity index (χ4n) is 3.22. The molecule has 10 heteroatoms. The van der Waals surface area contributed by atoms with Gasteiger partial charge in [-0.3, -0.25) is 0 Å². The number of fused-ring (bicyclic) bond motifs is 2. The van der Waals surface area contributed by atoms with Crippen molar-refractivity contribution in [1.29, 1.82) is 0 Å². The molecule has 2 N–H and O–H groups in total. The quantitative estimate of drug-likeness (QED) is 0.410. The highest BCUT2D eigenvalue weighted by atomic mass is 35.5. The van der Waals surface area contributed by atoms with E-state index in [0.717, 1.165) is 0 Å². The molecule has 0 saturated heterocycles. The molecular weight excluding hydrogens is 438 g/mol. The molecule has 0 spiro atoms. The Hall–Kier alpha value is -3.69. The van der Waals surface area contributed by atoms with Crippen molar-refractivity contribution in [3.05, 3.63) is 77.7 Å². The third-order valence-electron chi connectivity index (χ3n) is 4.66. The van der Waals surface area contributed by atoms with Gasteiger partial charge in [-0.2, -0.15) is 9.78 Å². The van der Waals surface area contributed by atoms with Gasteiger partial charge in [-0.15, -0.1) is 0 Å². The molecule has 2 aromatic carbocycles. The third kappa shape index (κ3) is 3.24. The van der Waals surface area contributed by atoms with Gasteiger partial charge in [-0.05, 0) is 48.5 Å². The number of nitrogen functional groups attached to an aromatic ring is 1. The van der Waals surface area contributed by atoms with Crippen molar-refractivity contribution in [3.8, 4) is 0 Å². The highest BCUT2D eigenvalue weighted by molar-refractivity contribution is 7.92. The van der Waals surface area contributed by atoms with Gasteiger partial charge in [0.2, 0.25) is 9.84 Å². The number of hydrogen-bond acceptors (Lipinski definition) is 7. The summed E-state index contributed by atoms with van der Waals surface area (Å²) in [5.74, 6) is 0.361. The first-order chi connectivity index (χ1) is 14.9. The number of nitrogens with zero attached hydrogens (tertiary/aromatic N) is 4. The summed E-state index contributed by atoms with van der Waals surface area (Å²) in [6, 6.07) is 16.4. The SMILES string of the molecule is Nc1c(S(=O)(=O)c2ccc(Cl)cc2)c2nc3ccccc3nc2n1N=Cc1ccco1. The van der Waals surface area contributed by atoms with Crippen molar-refractivity contribution in [1.82, 2.24) is 14.6 Å². The minimum absolute atomic E-state index is 0.0348. The van der Waals surface area contributed by atoms with Gasteiger partial charge in [0.05, 0.1) is 28.4 Å². The molecule has 154 valence electrons. The minimum atomic E-state index is -4.04. The van der Waals surface area contributed by atoms with E-state index in [4.69, 9.17) is 21.8 Å². The number of anilines is 1. The van der Waals surface area contributed by atoms with Crippen LogP contribution in [0.3, 0.4) is 0 Å². The molecule has 3 heterocycles. The number of halogens is 1. The van der Waals surface area contributed by atoms with Crippen molar-refractivity contribution in [2.75, 3.05) is 5.73 Å². The van der Waals surface area contributed by atoms with E-state index in [9.17, 15) is 8.42 Å². The van der Waals surface area contributed by atoms with Crippen LogP contribution in [0.4, 0.5) is 5.82 Å². The molecule has 5 rings (SSSR count). The normalized spacial score (nSPS) is 12.3. The number of nitrogens with two attached hydrogens (primary N) is 1. The Balaban J connectivity index is 1.82. The standard InChI is InChI=1S/C21H14ClN5O3S/c22-13-7-9-15(10-8-13)31(28,29)19-18-21(26-17-6-2-1-5-16(17)25-18)27(20(19)23)24-12-14-4-3-11-30-14/h1-12H,23H2. The molecule has 0 aliphatic heterocycles. The summed E-state index contributed by atoms with van der Waals surface area (Å²) in [4.78, 5) is 8.99. The summed E-state index contributed by atoms with van der Waals surface area (Å²) in [7, 11) is -4.04. The van der Waals surface area contributed by atoms with Gasteiger partial charge in [-0.1, -0.05) is 23.7 Å². The van der Waals surface area contributed by atoms with Gasteiger partial charge in [0.15, 0.2) is 5.65 Å². The second-order valence-electron chi connectivity index (χ2n) is 6.63. The average molecular weight is 452 g/mol. The molecule has 0 aliphatic rings. The zero-order valence-electron chi connectivity index (χ0n) is 15.8. The molecule has 0 saturated carbocycles. The highest BCUT2D eigenvalue weighted by Crippen LogP contribution is 2.35. The van der Waals surface area contributed by atoms with Crippen molar-refractivity contribution in [3.63, 3.8) is 0 Å². The number of para-hydroxylation sites is 2. The predicted octanol–water partition coefficient (Wildman–Crippen LogP) is 4.13. The Morgan fingerprint density at radius 3 is 2.39 bits per heavy atom. The molecule has 0 fully saturated rings. The Morgan fingerprint density at radius 2 is 1.71 bits per heavy atom. The van der Waals surface area contributed by atoms with E-state index < -0.39 is 9.84 Å². The zero-order chi connectivity index (χ0) is 21.6. The van der Waals surface area contributed by atoms with Crippen molar-refractivity contribution in [2.45, 2.75) is 9.79 Å². The molecular formula is C21H14ClN5O3S. The maximum atomic E-state index is 13.5. The summed E-state index contributed by atoms with van der Waals surface area (Å²) in [5.41, 5.74) is 7.76. The van der Waals surface area contributed by atoms with E-state index >= 15 is 0 Å². The molecule has 3 aromatic heterocycles. The maximum absolute atomic E-state index is 13.5.